The fourth-order valence-electron chi connectivity index (χ4n) is 5.13. The molecular formula is C27H27FN2O. The molecule has 158 valence electrons. The van der Waals surface area contributed by atoms with E-state index >= 15 is 0 Å². The maximum atomic E-state index is 13.8. The molecule has 2 aromatic carbocycles. The molecule has 1 fully saturated rings. The number of ketones is 1. The second-order valence-electron chi connectivity index (χ2n) is 8.66. The first kappa shape index (κ1) is 21.2. The van der Waals surface area contributed by atoms with Gasteiger partial charge in [0, 0.05) is 23.6 Å². The highest BCUT2D eigenvalue weighted by atomic mass is 19.1. The highest BCUT2D eigenvalue weighted by molar-refractivity contribution is 5.96. The summed E-state index contributed by atoms with van der Waals surface area (Å²) in [6.45, 7) is 2.17. The first-order valence-electron chi connectivity index (χ1n) is 11.2. The Kier molecular flexibility index (Phi) is 6.42. The van der Waals surface area contributed by atoms with Crippen LogP contribution in [-0.2, 0) is 0 Å². The average molecular weight is 415 g/mol. The normalized spacial score (nSPS) is 19.6. The molecule has 0 spiro atoms. The third-order valence-electron chi connectivity index (χ3n) is 6.92. The van der Waals surface area contributed by atoms with Crippen LogP contribution in [0.2, 0.25) is 0 Å². The minimum atomic E-state index is -0.220. The number of nitrogens with zero attached hydrogens (tertiary/aromatic N) is 2. The summed E-state index contributed by atoms with van der Waals surface area (Å²) in [7, 11) is 0. The lowest BCUT2D eigenvalue weighted by Crippen LogP contribution is -2.23. The molecule has 1 heterocycles. The van der Waals surface area contributed by atoms with Gasteiger partial charge in [-0.3, -0.25) is 9.78 Å². The molecule has 0 radical (unpaired) electrons. The zero-order valence-electron chi connectivity index (χ0n) is 17.9. The predicted octanol–water partition coefficient (Wildman–Crippen LogP) is 6.82. The van der Waals surface area contributed by atoms with Crippen LogP contribution in [0.1, 0.15) is 72.9 Å². The van der Waals surface area contributed by atoms with Gasteiger partial charge in [-0.15, -0.1) is 0 Å². The molecule has 1 atom stereocenters. The van der Waals surface area contributed by atoms with E-state index in [4.69, 9.17) is 5.26 Å². The predicted molar refractivity (Wildman–Crippen MR) is 120 cm³/mol. The second kappa shape index (κ2) is 9.39. The largest absolute Gasteiger partial charge is 0.294 e. The monoisotopic (exact) mass is 414 g/mol. The van der Waals surface area contributed by atoms with Crippen molar-refractivity contribution in [3.05, 3.63) is 77.2 Å². The maximum absolute atomic E-state index is 13.8. The van der Waals surface area contributed by atoms with E-state index in [0.717, 1.165) is 43.0 Å². The van der Waals surface area contributed by atoms with Crippen molar-refractivity contribution in [2.75, 3.05) is 0 Å². The minimum absolute atomic E-state index is 0.161. The van der Waals surface area contributed by atoms with Crippen LogP contribution in [0.5, 0.6) is 0 Å². The van der Waals surface area contributed by atoms with Crippen LogP contribution in [0.3, 0.4) is 0 Å². The molecule has 31 heavy (non-hydrogen) atoms. The van der Waals surface area contributed by atoms with E-state index in [9.17, 15) is 9.18 Å². The van der Waals surface area contributed by atoms with Gasteiger partial charge in [-0.2, -0.15) is 5.26 Å². The van der Waals surface area contributed by atoms with Crippen molar-refractivity contribution in [3.63, 3.8) is 0 Å². The first-order chi connectivity index (χ1) is 15.1. The molecule has 0 saturated heterocycles. The summed E-state index contributed by atoms with van der Waals surface area (Å²) in [4.78, 5) is 17.2. The van der Waals surface area contributed by atoms with Gasteiger partial charge in [0.15, 0.2) is 5.78 Å². The lowest BCUT2D eigenvalue weighted by Gasteiger charge is -2.34. The number of benzene rings is 2. The van der Waals surface area contributed by atoms with Crippen molar-refractivity contribution in [3.8, 4) is 6.07 Å². The van der Waals surface area contributed by atoms with Crippen LogP contribution in [0.15, 0.2) is 54.7 Å². The Morgan fingerprint density at radius 1 is 1.13 bits per heavy atom. The fraction of sp³-hybridized carbons (Fsp3) is 0.370. The van der Waals surface area contributed by atoms with E-state index in [-0.39, 0.29) is 11.6 Å². The topological polar surface area (TPSA) is 53.8 Å². The Morgan fingerprint density at radius 2 is 1.87 bits per heavy atom. The van der Waals surface area contributed by atoms with Crippen molar-refractivity contribution >= 4 is 16.7 Å². The quantitative estimate of drug-likeness (QED) is 0.416. The van der Waals surface area contributed by atoms with Gasteiger partial charge in [-0.05, 0) is 85.4 Å². The van der Waals surface area contributed by atoms with Gasteiger partial charge < -0.3 is 0 Å². The average Bonchev–Trinajstić information content (AvgIpc) is 2.82. The molecule has 0 amide bonds. The molecule has 4 heteroatoms. The van der Waals surface area contributed by atoms with Gasteiger partial charge >= 0.3 is 0 Å². The Hall–Kier alpha value is -3.06. The van der Waals surface area contributed by atoms with Crippen LogP contribution >= 0.6 is 0 Å². The summed E-state index contributed by atoms with van der Waals surface area (Å²) in [5.74, 6) is 1.26. The van der Waals surface area contributed by atoms with Crippen LogP contribution in [-0.4, -0.2) is 10.8 Å². The molecule has 1 aliphatic rings. The molecule has 1 saturated carbocycles. The maximum Gasteiger partial charge on any atom is 0.163 e. The number of carbonyl (C=O) groups excluding carboxylic acids is 1. The number of halogens is 1. The van der Waals surface area contributed by atoms with Gasteiger partial charge in [0.1, 0.15) is 5.82 Å². The summed E-state index contributed by atoms with van der Waals surface area (Å²) < 4.78 is 13.8. The lowest BCUT2D eigenvalue weighted by molar-refractivity contribution is 0.0926. The van der Waals surface area contributed by atoms with Crippen molar-refractivity contribution in [2.24, 2.45) is 11.8 Å². The summed E-state index contributed by atoms with van der Waals surface area (Å²) >= 11 is 0. The second-order valence-corrected chi connectivity index (χ2v) is 8.66. The number of hydrogen-bond acceptors (Lipinski definition) is 3. The van der Waals surface area contributed by atoms with Gasteiger partial charge in [0.25, 0.3) is 0 Å². The molecule has 0 N–H and O–H groups in total. The van der Waals surface area contributed by atoms with Crippen LogP contribution in [0.4, 0.5) is 4.39 Å². The molecule has 1 unspecified atom stereocenters. The van der Waals surface area contributed by atoms with E-state index < -0.39 is 0 Å². The zero-order chi connectivity index (χ0) is 21.8. The van der Waals surface area contributed by atoms with E-state index in [1.54, 1.807) is 36.4 Å². The number of aromatic nitrogens is 1. The molecule has 0 aliphatic heterocycles. The highest BCUT2D eigenvalue weighted by Crippen LogP contribution is 2.42. The summed E-state index contributed by atoms with van der Waals surface area (Å²) in [6.07, 6.45) is 7.66. The molecule has 4 rings (SSSR count). The lowest BCUT2D eigenvalue weighted by atomic mass is 9.71. The summed E-state index contributed by atoms with van der Waals surface area (Å²) in [5, 5.41) is 9.86. The van der Waals surface area contributed by atoms with Gasteiger partial charge in [-0.25, -0.2) is 4.39 Å². The van der Waals surface area contributed by atoms with E-state index in [1.807, 2.05) is 12.3 Å². The number of nitriles is 1. The number of fused-ring (bicyclic) bond motifs is 1. The number of hydrogen-bond donors (Lipinski definition) is 0. The number of rotatable bonds is 6. The molecule has 0 bridgehead atoms. The Morgan fingerprint density at radius 3 is 2.55 bits per heavy atom. The van der Waals surface area contributed by atoms with Gasteiger partial charge in [0.2, 0.25) is 0 Å². The smallest absolute Gasteiger partial charge is 0.163 e. The van der Waals surface area contributed by atoms with Crippen LogP contribution in [0, 0.1) is 29.0 Å². The molecule has 3 aromatic rings. The summed E-state index contributed by atoms with van der Waals surface area (Å²) in [5.41, 5.74) is 3.31. The minimum Gasteiger partial charge on any atom is -0.294 e. The van der Waals surface area contributed by atoms with E-state index in [2.05, 4.69) is 18.0 Å². The van der Waals surface area contributed by atoms with Crippen molar-refractivity contribution in [2.45, 2.75) is 51.4 Å². The standard InChI is InChI=1S/C27H27FN2O/c1-2-19(15-27(31)22-5-3-18(17-29)4-6-22)20-7-9-21(10-8-20)24-13-14-30-26-12-11-23(28)16-25(24)26/h3-6,11-14,16,19-21H,2,7-10,15H2,1H3. The highest BCUT2D eigenvalue weighted by Gasteiger charge is 2.29. The van der Waals surface area contributed by atoms with Crippen LogP contribution in [0.25, 0.3) is 10.9 Å². The number of carbonyl (C=O) groups is 1. The first-order valence-corrected chi connectivity index (χ1v) is 11.2. The van der Waals surface area contributed by atoms with E-state index in [0.29, 0.717) is 35.3 Å². The van der Waals surface area contributed by atoms with Crippen molar-refractivity contribution in [1.29, 1.82) is 5.26 Å². The zero-order valence-corrected chi connectivity index (χ0v) is 17.9. The molecular weight excluding hydrogens is 387 g/mol. The number of pyridine rings is 1. The summed E-state index contributed by atoms with van der Waals surface area (Å²) in [6, 6.07) is 15.9. The van der Waals surface area contributed by atoms with E-state index in [1.165, 1.54) is 11.6 Å². The van der Waals surface area contributed by atoms with Gasteiger partial charge in [-0.1, -0.05) is 25.5 Å². The number of Topliss-reactive ketones (excluding diaryl/α,β-unsaturated/α-hetero) is 1. The molecule has 3 nitrogen and oxygen atoms in total. The SMILES string of the molecule is CCC(CC(=O)c1ccc(C#N)cc1)C1CCC(c2ccnc3ccc(F)cc23)CC1. The Balaban J connectivity index is 1.42. The van der Waals surface area contributed by atoms with Gasteiger partial charge in [0.05, 0.1) is 17.1 Å². The third-order valence-corrected chi connectivity index (χ3v) is 6.92. The van der Waals surface area contributed by atoms with Crippen molar-refractivity contribution < 1.29 is 9.18 Å². The molecule has 1 aromatic heterocycles. The van der Waals surface area contributed by atoms with Crippen LogP contribution < -0.4 is 0 Å². The Labute approximate surface area is 182 Å². The Bertz CT molecular complexity index is 1110. The fourth-order valence-corrected chi connectivity index (χ4v) is 5.13. The molecule has 1 aliphatic carbocycles. The third kappa shape index (κ3) is 4.66. The van der Waals surface area contributed by atoms with Crippen molar-refractivity contribution in [1.82, 2.24) is 4.98 Å².